The largest absolute Gasteiger partial charge is 0.481 e. The highest BCUT2D eigenvalue weighted by molar-refractivity contribution is 5.80. The molecule has 1 fully saturated rings. The molecule has 1 amide bonds. The molecule has 0 aromatic heterocycles. The van der Waals surface area contributed by atoms with Gasteiger partial charge in [0, 0.05) is 0 Å². The molecular weight excluding hydrogens is 238 g/mol. The fourth-order valence-electron chi connectivity index (χ4n) is 1.94. The second kappa shape index (κ2) is 5.67. The lowest BCUT2D eigenvalue weighted by molar-refractivity contribution is -0.157. The van der Waals surface area contributed by atoms with E-state index in [0.717, 1.165) is 0 Å². The number of amides is 1. The number of carboxylic acids is 1. The van der Waals surface area contributed by atoms with Crippen LogP contribution in [0.15, 0.2) is 0 Å². The average Bonchev–Trinajstić information content (AvgIpc) is 2.25. The van der Waals surface area contributed by atoms with E-state index in [9.17, 15) is 14.7 Å². The van der Waals surface area contributed by atoms with Crippen LogP contribution in [0.5, 0.6) is 0 Å². The molecule has 0 aromatic carbocycles. The van der Waals surface area contributed by atoms with Crippen molar-refractivity contribution >= 4 is 11.9 Å². The number of carbonyl (C=O) groups is 2. The van der Waals surface area contributed by atoms with Crippen molar-refractivity contribution in [3.63, 3.8) is 0 Å². The van der Waals surface area contributed by atoms with Gasteiger partial charge in [0.25, 0.3) is 0 Å². The monoisotopic (exact) mass is 259 g/mol. The van der Waals surface area contributed by atoms with Gasteiger partial charge in [-0.2, -0.15) is 0 Å². The lowest BCUT2D eigenvalue weighted by Gasteiger charge is -2.31. The maximum absolute atomic E-state index is 11.8. The summed E-state index contributed by atoms with van der Waals surface area (Å²) in [6, 6.07) is 0. The zero-order valence-electron chi connectivity index (χ0n) is 11.0. The molecule has 0 heterocycles. The summed E-state index contributed by atoms with van der Waals surface area (Å²) >= 11 is 0. The molecule has 0 bridgehead atoms. The number of nitrogens with one attached hydrogen (secondary N) is 1. The van der Waals surface area contributed by atoms with Gasteiger partial charge in [-0.3, -0.25) is 14.4 Å². The van der Waals surface area contributed by atoms with E-state index in [1.165, 1.54) is 0 Å². The molecule has 1 rings (SSSR count). The zero-order chi connectivity index (χ0) is 13.9. The summed E-state index contributed by atoms with van der Waals surface area (Å²) in [5.41, 5.74) is 1.76. The number of carboxylic acid groups (broad SMARTS) is 1. The van der Waals surface area contributed by atoms with E-state index in [2.05, 4.69) is 5.48 Å². The second-order valence-corrected chi connectivity index (χ2v) is 5.70. The highest BCUT2D eigenvalue weighted by atomic mass is 16.7. The molecule has 104 valence electrons. The van der Waals surface area contributed by atoms with Crippen LogP contribution in [0.25, 0.3) is 0 Å². The first-order chi connectivity index (χ1) is 8.20. The van der Waals surface area contributed by atoms with Gasteiger partial charge in [0.2, 0.25) is 5.91 Å². The Morgan fingerprint density at radius 2 is 1.89 bits per heavy atom. The Balaban J connectivity index is 2.57. The number of rotatable bonds is 3. The second-order valence-electron chi connectivity index (χ2n) is 5.70. The normalized spacial score (nSPS) is 28.8. The minimum atomic E-state index is -0.920. The van der Waals surface area contributed by atoms with E-state index < -0.39 is 35.4 Å². The van der Waals surface area contributed by atoms with Crippen LogP contribution in [0.3, 0.4) is 0 Å². The van der Waals surface area contributed by atoms with Crippen molar-refractivity contribution in [2.45, 2.75) is 51.7 Å². The molecule has 0 aliphatic heterocycles. The minimum Gasteiger partial charge on any atom is -0.481 e. The molecular formula is C12H21NO5. The van der Waals surface area contributed by atoms with Gasteiger partial charge in [0.05, 0.1) is 23.5 Å². The van der Waals surface area contributed by atoms with Crippen LogP contribution < -0.4 is 5.48 Å². The molecule has 3 atom stereocenters. The molecule has 6 heteroatoms. The van der Waals surface area contributed by atoms with Crippen LogP contribution in [0.4, 0.5) is 0 Å². The van der Waals surface area contributed by atoms with E-state index in [1.54, 1.807) is 20.8 Å². The summed E-state index contributed by atoms with van der Waals surface area (Å²) in [5, 5.41) is 18.7. The van der Waals surface area contributed by atoms with Gasteiger partial charge in [-0.05, 0) is 40.0 Å². The summed E-state index contributed by atoms with van der Waals surface area (Å²) in [6.45, 7) is 5.35. The third kappa shape index (κ3) is 4.27. The lowest BCUT2D eigenvalue weighted by Crippen LogP contribution is -2.44. The zero-order valence-corrected chi connectivity index (χ0v) is 11.0. The first-order valence-corrected chi connectivity index (χ1v) is 6.09. The maximum Gasteiger partial charge on any atom is 0.306 e. The minimum absolute atomic E-state index is 0.149. The predicted octanol–water partition coefficient (Wildman–Crippen LogP) is 0.694. The Kier molecular flexibility index (Phi) is 4.70. The van der Waals surface area contributed by atoms with Crippen LogP contribution in [0.2, 0.25) is 0 Å². The van der Waals surface area contributed by atoms with Crippen molar-refractivity contribution in [1.82, 2.24) is 5.48 Å². The number of aliphatic hydroxyl groups is 1. The van der Waals surface area contributed by atoms with Crippen LogP contribution >= 0.6 is 0 Å². The Labute approximate surface area is 106 Å². The van der Waals surface area contributed by atoms with Crippen molar-refractivity contribution in [3.8, 4) is 0 Å². The first kappa shape index (κ1) is 14.9. The van der Waals surface area contributed by atoms with Gasteiger partial charge >= 0.3 is 5.97 Å². The molecule has 0 radical (unpaired) electrons. The van der Waals surface area contributed by atoms with Crippen LogP contribution in [-0.2, 0) is 14.4 Å². The third-order valence-corrected chi connectivity index (χ3v) is 2.96. The van der Waals surface area contributed by atoms with Gasteiger partial charge in [-0.15, -0.1) is 0 Å². The Morgan fingerprint density at radius 1 is 1.28 bits per heavy atom. The van der Waals surface area contributed by atoms with Crippen LogP contribution in [0, 0.1) is 11.8 Å². The fraction of sp³-hybridized carbons (Fsp3) is 0.833. The molecule has 0 spiro atoms. The van der Waals surface area contributed by atoms with Gasteiger partial charge in [-0.1, -0.05) is 0 Å². The predicted molar refractivity (Wildman–Crippen MR) is 63.5 cm³/mol. The van der Waals surface area contributed by atoms with E-state index in [-0.39, 0.29) is 6.42 Å². The molecule has 1 aliphatic carbocycles. The van der Waals surface area contributed by atoms with Crippen LogP contribution in [-0.4, -0.2) is 33.8 Å². The van der Waals surface area contributed by atoms with E-state index in [1.807, 2.05) is 0 Å². The molecule has 1 aliphatic rings. The summed E-state index contributed by atoms with van der Waals surface area (Å²) < 4.78 is 0. The lowest BCUT2D eigenvalue weighted by atomic mass is 9.79. The van der Waals surface area contributed by atoms with Crippen molar-refractivity contribution in [2.75, 3.05) is 0 Å². The molecule has 18 heavy (non-hydrogen) atoms. The first-order valence-electron chi connectivity index (χ1n) is 6.09. The number of hydrogen-bond acceptors (Lipinski definition) is 4. The van der Waals surface area contributed by atoms with Crippen molar-refractivity contribution < 1.29 is 24.6 Å². The Bertz CT molecular complexity index is 323. The van der Waals surface area contributed by atoms with E-state index >= 15 is 0 Å². The maximum atomic E-state index is 11.8. The van der Waals surface area contributed by atoms with Gasteiger partial charge in [-0.25, -0.2) is 5.48 Å². The van der Waals surface area contributed by atoms with Crippen molar-refractivity contribution in [3.05, 3.63) is 0 Å². The summed E-state index contributed by atoms with van der Waals surface area (Å²) in [4.78, 5) is 27.9. The molecule has 1 saturated carbocycles. The third-order valence-electron chi connectivity index (χ3n) is 2.96. The number of aliphatic carboxylic acids is 1. The number of hydrogen-bond donors (Lipinski definition) is 3. The van der Waals surface area contributed by atoms with E-state index in [0.29, 0.717) is 12.8 Å². The van der Waals surface area contributed by atoms with Crippen molar-refractivity contribution in [1.29, 1.82) is 0 Å². The molecule has 3 unspecified atom stereocenters. The summed E-state index contributed by atoms with van der Waals surface area (Å²) in [6.07, 6.45) is 0.0741. The molecule has 0 aromatic rings. The van der Waals surface area contributed by atoms with Crippen molar-refractivity contribution in [2.24, 2.45) is 11.8 Å². The summed E-state index contributed by atoms with van der Waals surface area (Å²) in [5.74, 6) is -2.67. The van der Waals surface area contributed by atoms with E-state index in [4.69, 9.17) is 9.94 Å². The highest BCUT2D eigenvalue weighted by Gasteiger charge is 2.37. The average molecular weight is 259 g/mol. The molecule has 3 N–H and O–H groups in total. The fourth-order valence-corrected chi connectivity index (χ4v) is 1.94. The van der Waals surface area contributed by atoms with Gasteiger partial charge in [0.1, 0.15) is 0 Å². The smallest absolute Gasteiger partial charge is 0.306 e. The highest BCUT2D eigenvalue weighted by Crippen LogP contribution is 2.29. The molecule has 6 nitrogen and oxygen atoms in total. The Hall–Kier alpha value is -1.14. The molecule has 0 saturated heterocycles. The summed E-state index contributed by atoms with van der Waals surface area (Å²) in [7, 11) is 0. The number of carbonyl (C=O) groups excluding carboxylic acids is 1. The SMILES string of the molecule is CC(C)(C)ONC(=O)C1CC(C(=O)O)CCC1O. The standard InChI is InChI=1S/C12H21NO5/c1-12(2,3)18-13-10(15)8-6-7(11(16)17)4-5-9(8)14/h7-9,14H,4-6H2,1-3H3,(H,13,15)(H,16,17). The van der Waals surface area contributed by atoms with Gasteiger partial charge < -0.3 is 10.2 Å². The number of hydroxylamine groups is 1. The topological polar surface area (TPSA) is 95.9 Å². The number of aliphatic hydroxyl groups excluding tert-OH is 1. The quantitative estimate of drug-likeness (QED) is 0.648. The Morgan fingerprint density at radius 3 is 2.39 bits per heavy atom. The van der Waals surface area contributed by atoms with Crippen LogP contribution in [0.1, 0.15) is 40.0 Å². The van der Waals surface area contributed by atoms with Gasteiger partial charge in [0.15, 0.2) is 0 Å².